The van der Waals surface area contributed by atoms with Crippen LogP contribution in [-0.2, 0) is 19.4 Å². The van der Waals surface area contributed by atoms with Crippen molar-refractivity contribution in [2.75, 3.05) is 0 Å². The summed E-state index contributed by atoms with van der Waals surface area (Å²) in [5, 5.41) is 15.4. The van der Waals surface area contributed by atoms with Crippen LogP contribution in [0.5, 0.6) is 5.75 Å². The van der Waals surface area contributed by atoms with Gasteiger partial charge in [-0.15, -0.1) is 5.10 Å². The van der Waals surface area contributed by atoms with Crippen molar-refractivity contribution in [1.29, 1.82) is 0 Å². The minimum Gasteiger partial charge on any atom is -0.487 e. The van der Waals surface area contributed by atoms with Crippen molar-refractivity contribution in [3.05, 3.63) is 77.7 Å². The van der Waals surface area contributed by atoms with Crippen molar-refractivity contribution >= 4 is 10.9 Å². The fourth-order valence-corrected chi connectivity index (χ4v) is 3.76. The molecule has 6 nitrogen and oxygen atoms in total. The van der Waals surface area contributed by atoms with Gasteiger partial charge in [-0.3, -0.25) is 0 Å². The van der Waals surface area contributed by atoms with Crippen molar-refractivity contribution < 1.29 is 4.74 Å². The standard InChI is InChI=1S/C24H27N5O/c1-2-5-19(16-24-26-28-29-27-24)9-8-18-10-14-22(15-11-18)30-17-21-13-12-20-6-3-4-7-23(20)25-21/h3-4,6-7,10-15,19H,2,5,8-9,16-17H2,1H3,(H,26,27,28,29). The summed E-state index contributed by atoms with van der Waals surface area (Å²) in [7, 11) is 0. The summed E-state index contributed by atoms with van der Waals surface area (Å²) in [6, 6.07) is 20.6. The van der Waals surface area contributed by atoms with Crippen LogP contribution in [-0.4, -0.2) is 25.6 Å². The molecular formula is C24H27N5O. The van der Waals surface area contributed by atoms with Gasteiger partial charge in [0.25, 0.3) is 0 Å². The third-order valence-electron chi connectivity index (χ3n) is 5.38. The number of para-hydroxylation sites is 1. The van der Waals surface area contributed by atoms with Gasteiger partial charge in [-0.1, -0.05) is 56.2 Å². The smallest absolute Gasteiger partial charge is 0.148 e. The Morgan fingerprint density at radius 1 is 0.967 bits per heavy atom. The number of rotatable bonds is 10. The SMILES string of the molecule is CCCC(CCc1ccc(OCc2ccc3ccccc3n2)cc1)Cc1nnn[nH]1. The molecule has 0 bridgehead atoms. The summed E-state index contributed by atoms with van der Waals surface area (Å²) in [6.45, 7) is 2.69. The Balaban J connectivity index is 1.29. The topological polar surface area (TPSA) is 76.6 Å². The second-order valence-corrected chi connectivity index (χ2v) is 7.67. The van der Waals surface area contributed by atoms with E-state index in [-0.39, 0.29) is 0 Å². The molecule has 0 aliphatic carbocycles. The van der Waals surface area contributed by atoms with Gasteiger partial charge in [0.2, 0.25) is 0 Å². The molecule has 154 valence electrons. The lowest BCUT2D eigenvalue weighted by Gasteiger charge is -2.14. The summed E-state index contributed by atoms with van der Waals surface area (Å²) in [5.74, 6) is 2.32. The molecule has 1 atom stereocenters. The minimum absolute atomic E-state index is 0.466. The molecule has 0 aliphatic heterocycles. The molecule has 1 unspecified atom stereocenters. The molecule has 2 aromatic carbocycles. The van der Waals surface area contributed by atoms with Gasteiger partial charge < -0.3 is 4.74 Å². The first kappa shape index (κ1) is 20.0. The molecule has 0 amide bonds. The highest BCUT2D eigenvalue weighted by atomic mass is 16.5. The predicted molar refractivity (Wildman–Crippen MR) is 117 cm³/mol. The Morgan fingerprint density at radius 2 is 1.83 bits per heavy atom. The molecule has 6 heteroatoms. The third kappa shape index (κ3) is 5.41. The maximum atomic E-state index is 5.94. The Kier molecular flexibility index (Phi) is 6.65. The first-order valence-corrected chi connectivity index (χ1v) is 10.6. The number of nitrogens with one attached hydrogen (secondary N) is 1. The van der Waals surface area contributed by atoms with Crippen molar-refractivity contribution in [1.82, 2.24) is 25.6 Å². The first-order chi connectivity index (χ1) is 14.8. The lowest BCUT2D eigenvalue weighted by molar-refractivity contribution is 0.301. The van der Waals surface area contributed by atoms with Crippen LogP contribution in [0.15, 0.2) is 60.7 Å². The zero-order chi connectivity index (χ0) is 20.6. The normalized spacial score (nSPS) is 12.2. The number of nitrogens with zero attached hydrogens (tertiary/aromatic N) is 4. The second kappa shape index (κ2) is 9.96. The highest BCUT2D eigenvalue weighted by Crippen LogP contribution is 2.21. The summed E-state index contributed by atoms with van der Waals surface area (Å²) in [6.07, 6.45) is 5.41. The summed E-state index contributed by atoms with van der Waals surface area (Å²) < 4.78 is 5.94. The van der Waals surface area contributed by atoms with Gasteiger partial charge in [0.1, 0.15) is 18.2 Å². The van der Waals surface area contributed by atoms with Gasteiger partial charge in [-0.25, -0.2) is 10.1 Å². The van der Waals surface area contributed by atoms with Crippen molar-refractivity contribution in [3.8, 4) is 5.75 Å². The average Bonchev–Trinajstić information content (AvgIpc) is 3.30. The third-order valence-corrected chi connectivity index (χ3v) is 5.38. The van der Waals surface area contributed by atoms with Gasteiger partial charge in [-0.2, -0.15) is 0 Å². The maximum absolute atomic E-state index is 5.94. The number of pyridine rings is 1. The highest BCUT2D eigenvalue weighted by molar-refractivity contribution is 5.78. The van der Waals surface area contributed by atoms with E-state index in [2.05, 4.69) is 56.8 Å². The van der Waals surface area contributed by atoms with Crippen molar-refractivity contribution in [3.63, 3.8) is 0 Å². The molecule has 4 aromatic rings. The molecule has 0 radical (unpaired) electrons. The van der Waals surface area contributed by atoms with Crippen molar-refractivity contribution in [2.45, 2.75) is 45.6 Å². The average molecular weight is 402 g/mol. The van der Waals surface area contributed by atoms with E-state index >= 15 is 0 Å². The van der Waals surface area contributed by atoms with Gasteiger partial charge in [0, 0.05) is 11.8 Å². The number of aromatic amines is 1. The summed E-state index contributed by atoms with van der Waals surface area (Å²) in [5.41, 5.74) is 3.25. The monoisotopic (exact) mass is 401 g/mol. The van der Waals surface area contributed by atoms with Gasteiger partial charge in [-0.05, 0) is 59.0 Å². The second-order valence-electron chi connectivity index (χ2n) is 7.67. The maximum Gasteiger partial charge on any atom is 0.148 e. The summed E-state index contributed by atoms with van der Waals surface area (Å²) in [4.78, 5) is 4.66. The quantitative estimate of drug-likeness (QED) is 0.408. The van der Waals surface area contributed by atoms with Crippen LogP contribution in [0, 0.1) is 5.92 Å². The number of fused-ring (bicyclic) bond motifs is 1. The van der Waals surface area contributed by atoms with Crippen LogP contribution < -0.4 is 4.74 Å². The number of ether oxygens (including phenoxy) is 1. The first-order valence-electron chi connectivity index (χ1n) is 10.6. The molecule has 0 saturated carbocycles. The fourth-order valence-electron chi connectivity index (χ4n) is 3.76. The largest absolute Gasteiger partial charge is 0.487 e. The fraction of sp³-hybridized carbons (Fsp3) is 0.333. The molecule has 0 aliphatic rings. The molecule has 1 N–H and O–H groups in total. The van der Waals surface area contributed by atoms with E-state index in [0.29, 0.717) is 12.5 Å². The van der Waals surface area contributed by atoms with Crippen LogP contribution in [0.3, 0.4) is 0 Å². The number of aryl methyl sites for hydroxylation is 1. The van der Waals surface area contributed by atoms with E-state index < -0.39 is 0 Å². The highest BCUT2D eigenvalue weighted by Gasteiger charge is 2.12. The Labute approximate surface area is 176 Å². The number of hydrogen-bond donors (Lipinski definition) is 1. The number of benzene rings is 2. The van der Waals surface area contributed by atoms with E-state index in [1.165, 1.54) is 18.4 Å². The van der Waals surface area contributed by atoms with E-state index in [0.717, 1.165) is 47.4 Å². The number of aromatic nitrogens is 5. The van der Waals surface area contributed by atoms with Gasteiger partial charge >= 0.3 is 0 Å². The van der Waals surface area contributed by atoms with Crippen LogP contribution >= 0.6 is 0 Å². The predicted octanol–water partition coefficient (Wildman–Crippen LogP) is 4.92. The Morgan fingerprint density at radius 3 is 2.63 bits per heavy atom. The molecule has 0 spiro atoms. The molecule has 30 heavy (non-hydrogen) atoms. The molecule has 2 aromatic heterocycles. The molecule has 4 rings (SSSR count). The van der Waals surface area contributed by atoms with E-state index in [1.807, 2.05) is 36.4 Å². The van der Waals surface area contributed by atoms with Gasteiger partial charge in [0.15, 0.2) is 0 Å². The van der Waals surface area contributed by atoms with E-state index in [4.69, 9.17) is 4.74 Å². The van der Waals surface area contributed by atoms with Crippen molar-refractivity contribution in [2.24, 2.45) is 5.92 Å². The number of H-pyrrole nitrogens is 1. The molecule has 2 heterocycles. The minimum atomic E-state index is 0.466. The lowest BCUT2D eigenvalue weighted by Crippen LogP contribution is -2.07. The summed E-state index contributed by atoms with van der Waals surface area (Å²) >= 11 is 0. The number of tetrazole rings is 1. The van der Waals surface area contributed by atoms with Crippen LogP contribution in [0.25, 0.3) is 10.9 Å². The lowest BCUT2D eigenvalue weighted by atomic mass is 9.92. The van der Waals surface area contributed by atoms with E-state index in [1.54, 1.807) is 0 Å². The van der Waals surface area contributed by atoms with Crippen LogP contribution in [0.4, 0.5) is 0 Å². The zero-order valence-corrected chi connectivity index (χ0v) is 17.3. The molecule has 0 saturated heterocycles. The molecule has 0 fully saturated rings. The van der Waals surface area contributed by atoms with E-state index in [9.17, 15) is 0 Å². The Bertz CT molecular complexity index is 1050. The molecular weight excluding hydrogens is 374 g/mol. The Hall–Kier alpha value is -3.28. The zero-order valence-electron chi connectivity index (χ0n) is 17.3. The van der Waals surface area contributed by atoms with Crippen LogP contribution in [0.1, 0.15) is 43.3 Å². The van der Waals surface area contributed by atoms with Crippen LogP contribution in [0.2, 0.25) is 0 Å². The number of hydrogen-bond acceptors (Lipinski definition) is 5. The van der Waals surface area contributed by atoms with Gasteiger partial charge in [0.05, 0.1) is 11.2 Å².